The average molecular weight is 223 g/mol. The monoisotopic (exact) mass is 222 g/mol. The smallest absolute Gasteiger partial charge is 0.109 e. The van der Waals surface area contributed by atoms with Crippen LogP contribution in [0.15, 0.2) is 24.8 Å². The van der Waals surface area contributed by atoms with E-state index in [9.17, 15) is 0 Å². The Bertz CT molecular complexity index is 478. The number of hydrogen-bond donors (Lipinski definition) is 1. The first-order valence-corrected chi connectivity index (χ1v) is 4.90. The van der Waals surface area contributed by atoms with Gasteiger partial charge in [0.25, 0.3) is 0 Å². The third-order valence-corrected chi connectivity index (χ3v) is 2.37. The van der Waals surface area contributed by atoms with Crippen molar-refractivity contribution in [3.8, 4) is 11.4 Å². The first-order valence-electron chi connectivity index (χ1n) is 4.52. The molecule has 0 aliphatic heterocycles. The summed E-state index contributed by atoms with van der Waals surface area (Å²) in [5.74, 6) is 0. The molecule has 0 aliphatic rings. The Morgan fingerprint density at radius 1 is 1.40 bits per heavy atom. The predicted octanol–water partition coefficient (Wildman–Crippen LogP) is 2.18. The number of nitrogens with zero attached hydrogens (tertiary/aromatic N) is 3. The molecule has 0 aromatic carbocycles. The van der Waals surface area contributed by atoms with Gasteiger partial charge < -0.3 is 9.88 Å². The molecular formula is C10H11ClN4. The second kappa shape index (κ2) is 3.90. The summed E-state index contributed by atoms with van der Waals surface area (Å²) in [6, 6.07) is 1.83. The van der Waals surface area contributed by atoms with E-state index in [1.54, 1.807) is 12.5 Å². The summed E-state index contributed by atoms with van der Waals surface area (Å²) in [5.41, 5.74) is 2.38. The normalized spacial score (nSPS) is 10.3. The Labute approximate surface area is 92.9 Å². The minimum absolute atomic E-state index is 0.598. The molecule has 0 spiro atoms. The SMILES string of the molecule is CNc1cnc(-c2cn(C)cn2)c(Cl)c1. The van der Waals surface area contributed by atoms with Crippen LogP contribution >= 0.6 is 11.6 Å². The molecule has 0 aliphatic carbocycles. The van der Waals surface area contributed by atoms with E-state index in [-0.39, 0.29) is 0 Å². The average Bonchev–Trinajstić information content (AvgIpc) is 2.64. The fourth-order valence-electron chi connectivity index (χ4n) is 1.30. The maximum Gasteiger partial charge on any atom is 0.109 e. The summed E-state index contributed by atoms with van der Waals surface area (Å²) in [4.78, 5) is 8.46. The number of aromatic nitrogens is 3. The maximum absolute atomic E-state index is 6.10. The van der Waals surface area contributed by atoms with E-state index in [1.165, 1.54) is 0 Å². The molecule has 0 saturated heterocycles. The molecule has 2 rings (SSSR count). The quantitative estimate of drug-likeness (QED) is 0.847. The topological polar surface area (TPSA) is 42.7 Å². The number of halogens is 1. The lowest BCUT2D eigenvalue weighted by Gasteiger charge is -2.03. The zero-order valence-corrected chi connectivity index (χ0v) is 9.28. The van der Waals surface area contributed by atoms with E-state index < -0.39 is 0 Å². The van der Waals surface area contributed by atoms with Crippen LogP contribution in [0.3, 0.4) is 0 Å². The van der Waals surface area contributed by atoms with Crippen molar-refractivity contribution in [1.29, 1.82) is 0 Å². The number of pyridine rings is 1. The van der Waals surface area contributed by atoms with Gasteiger partial charge in [-0.2, -0.15) is 0 Å². The molecule has 0 atom stereocenters. The molecule has 5 heteroatoms. The van der Waals surface area contributed by atoms with E-state index in [4.69, 9.17) is 11.6 Å². The predicted molar refractivity (Wildman–Crippen MR) is 61.0 cm³/mol. The van der Waals surface area contributed by atoms with E-state index in [0.29, 0.717) is 10.7 Å². The summed E-state index contributed by atoms with van der Waals surface area (Å²) in [7, 11) is 3.74. The van der Waals surface area contributed by atoms with Gasteiger partial charge in [-0.25, -0.2) is 4.98 Å². The van der Waals surface area contributed by atoms with E-state index in [1.807, 2.05) is 30.9 Å². The van der Waals surface area contributed by atoms with Crippen molar-refractivity contribution in [1.82, 2.24) is 14.5 Å². The number of imidazole rings is 1. The summed E-state index contributed by atoms with van der Waals surface area (Å²) < 4.78 is 1.86. The highest BCUT2D eigenvalue weighted by Crippen LogP contribution is 2.26. The van der Waals surface area contributed by atoms with Crippen molar-refractivity contribution < 1.29 is 0 Å². The molecule has 1 N–H and O–H groups in total. The number of hydrogen-bond acceptors (Lipinski definition) is 3. The summed E-state index contributed by atoms with van der Waals surface area (Å²) in [6.45, 7) is 0. The zero-order valence-electron chi connectivity index (χ0n) is 8.53. The lowest BCUT2D eigenvalue weighted by Crippen LogP contribution is -1.91. The van der Waals surface area contributed by atoms with Crippen LogP contribution in [0.5, 0.6) is 0 Å². The van der Waals surface area contributed by atoms with Crippen LogP contribution in [0, 0.1) is 0 Å². The fourth-order valence-corrected chi connectivity index (χ4v) is 1.56. The largest absolute Gasteiger partial charge is 0.387 e. The van der Waals surface area contributed by atoms with Crippen LogP contribution in [0.1, 0.15) is 0 Å². The lowest BCUT2D eigenvalue weighted by atomic mass is 10.3. The molecule has 0 radical (unpaired) electrons. The number of nitrogens with one attached hydrogen (secondary N) is 1. The van der Waals surface area contributed by atoms with Gasteiger partial charge in [0, 0.05) is 20.3 Å². The Balaban J connectivity index is 2.45. The molecule has 78 valence electrons. The first-order chi connectivity index (χ1) is 7.20. The van der Waals surface area contributed by atoms with Crippen LogP contribution < -0.4 is 5.32 Å². The minimum atomic E-state index is 0.598. The maximum atomic E-state index is 6.10. The van der Waals surface area contributed by atoms with E-state index in [0.717, 1.165) is 11.4 Å². The summed E-state index contributed by atoms with van der Waals surface area (Å²) in [5, 5.41) is 3.58. The molecule has 0 bridgehead atoms. The van der Waals surface area contributed by atoms with Gasteiger partial charge in [0.05, 0.1) is 23.2 Å². The highest BCUT2D eigenvalue weighted by Gasteiger charge is 2.08. The standard InChI is InChI=1S/C10H11ClN4/c1-12-7-3-8(11)10(13-4-7)9-5-15(2)6-14-9/h3-6,12H,1-2H3. The molecule has 0 unspecified atom stereocenters. The summed E-state index contributed by atoms with van der Waals surface area (Å²) in [6.07, 6.45) is 5.34. The molecule has 0 amide bonds. The van der Waals surface area contributed by atoms with E-state index in [2.05, 4.69) is 15.3 Å². The number of rotatable bonds is 2. The molecule has 0 saturated carbocycles. The fraction of sp³-hybridized carbons (Fsp3) is 0.200. The van der Waals surface area contributed by atoms with Gasteiger partial charge in [-0.3, -0.25) is 4.98 Å². The van der Waals surface area contributed by atoms with Crippen molar-refractivity contribution >= 4 is 17.3 Å². The lowest BCUT2D eigenvalue weighted by molar-refractivity contribution is 0.913. The molecule has 15 heavy (non-hydrogen) atoms. The van der Waals surface area contributed by atoms with Gasteiger partial charge in [-0.05, 0) is 6.07 Å². The van der Waals surface area contributed by atoms with Gasteiger partial charge in [-0.15, -0.1) is 0 Å². The van der Waals surface area contributed by atoms with Gasteiger partial charge in [-0.1, -0.05) is 11.6 Å². The first kappa shape index (κ1) is 9.98. The van der Waals surface area contributed by atoms with Crippen molar-refractivity contribution in [2.75, 3.05) is 12.4 Å². The van der Waals surface area contributed by atoms with Crippen molar-refractivity contribution in [2.45, 2.75) is 0 Å². The van der Waals surface area contributed by atoms with Gasteiger partial charge in [0.15, 0.2) is 0 Å². The van der Waals surface area contributed by atoms with E-state index >= 15 is 0 Å². The van der Waals surface area contributed by atoms with Gasteiger partial charge in [0.1, 0.15) is 11.4 Å². The molecule has 0 fully saturated rings. The van der Waals surface area contributed by atoms with Crippen LogP contribution in [-0.4, -0.2) is 21.6 Å². The van der Waals surface area contributed by atoms with Crippen LogP contribution in [0.4, 0.5) is 5.69 Å². The minimum Gasteiger partial charge on any atom is -0.387 e. The highest BCUT2D eigenvalue weighted by molar-refractivity contribution is 6.33. The molecule has 2 aromatic heterocycles. The Hall–Kier alpha value is -1.55. The zero-order chi connectivity index (χ0) is 10.8. The Kier molecular flexibility index (Phi) is 2.60. The van der Waals surface area contributed by atoms with Gasteiger partial charge in [0.2, 0.25) is 0 Å². The Morgan fingerprint density at radius 3 is 2.73 bits per heavy atom. The molecule has 2 aromatic rings. The third kappa shape index (κ3) is 1.94. The summed E-state index contributed by atoms with van der Waals surface area (Å²) >= 11 is 6.10. The third-order valence-electron chi connectivity index (χ3n) is 2.08. The number of anilines is 1. The van der Waals surface area contributed by atoms with Crippen LogP contribution in [0.25, 0.3) is 11.4 Å². The van der Waals surface area contributed by atoms with Crippen LogP contribution in [0.2, 0.25) is 5.02 Å². The second-order valence-corrected chi connectivity index (χ2v) is 3.64. The van der Waals surface area contributed by atoms with Crippen molar-refractivity contribution in [3.05, 3.63) is 29.8 Å². The molecule has 2 heterocycles. The highest BCUT2D eigenvalue weighted by atomic mass is 35.5. The van der Waals surface area contributed by atoms with Crippen molar-refractivity contribution in [2.24, 2.45) is 7.05 Å². The Morgan fingerprint density at radius 2 is 2.20 bits per heavy atom. The molecular weight excluding hydrogens is 212 g/mol. The number of aryl methyl sites for hydroxylation is 1. The second-order valence-electron chi connectivity index (χ2n) is 3.23. The van der Waals surface area contributed by atoms with Gasteiger partial charge >= 0.3 is 0 Å². The van der Waals surface area contributed by atoms with Crippen LogP contribution in [-0.2, 0) is 7.05 Å². The van der Waals surface area contributed by atoms with Crippen molar-refractivity contribution in [3.63, 3.8) is 0 Å². The molecule has 4 nitrogen and oxygen atoms in total.